The zero-order chi connectivity index (χ0) is 16.6. The Bertz CT molecular complexity index is 787. The van der Waals surface area contributed by atoms with Crippen LogP contribution in [0.15, 0.2) is 28.2 Å². The first-order valence-electron chi connectivity index (χ1n) is 9.17. The van der Waals surface area contributed by atoms with Crippen LogP contribution >= 0.6 is 24.8 Å². The number of piperidine rings is 1. The number of pyridine rings is 1. The van der Waals surface area contributed by atoms with Gasteiger partial charge in [0.1, 0.15) is 11.9 Å². The van der Waals surface area contributed by atoms with Gasteiger partial charge in [0.2, 0.25) is 0 Å². The van der Waals surface area contributed by atoms with E-state index in [0.717, 1.165) is 36.7 Å². The fraction of sp³-hybridized carbons (Fsp3) is 0.556. The van der Waals surface area contributed by atoms with Gasteiger partial charge in [0.15, 0.2) is 0 Å². The Balaban J connectivity index is 0.00000105. The molecule has 0 amide bonds. The molecule has 2 fully saturated rings. The molecule has 1 unspecified atom stereocenters. The van der Waals surface area contributed by atoms with Crippen molar-refractivity contribution in [1.82, 2.24) is 25.9 Å². The maximum absolute atomic E-state index is 4.85. The minimum atomic E-state index is 0. The van der Waals surface area contributed by atoms with Crippen molar-refractivity contribution in [3.05, 3.63) is 35.4 Å². The molecule has 5 rings (SSSR count). The van der Waals surface area contributed by atoms with E-state index in [1.165, 1.54) is 36.8 Å². The monoisotopic (exact) mass is 410 g/mol. The van der Waals surface area contributed by atoms with Crippen LogP contribution in [0.1, 0.15) is 48.4 Å². The highest BCUT2D eigenvalue weighted by atomic mass is 35.5. The van der Waals surface area contributed by atoms with E-state index in [0.29, 0.717) is 17.9 Å². The number of hydrogen-bond acceptors (Lipinski definition) is 7. The molecule has 1 aliphatic carbocycles. The zero-order valence-corrected chi connectivity index (χ0v) is 16.6. The maximum atomic E-state index is 4.85. The van der Waals surface area contributed by atoms with Gasteiger partial charge in [-0.25, -0.2) is 9.62 Å². The molecule has 1 saturated carbocycles. The van der Waals surface area contributed by atoms with E-state index in [1.807, 2.05) is 12.4 Å². The number of aliphatic imine (C=N–C) groups is 1. The molecule has 3 aliphatic rings. The Hall–Kier alpha value is -1.54. The van der Waals surface area contributed by atoms with Gasteiger partial charge in [0.25, 0.3) is 0 Å². The third-order valence-electron chi connectivity index (χ3n) is 5.53. The van der Waals surface area contributed by atoms with Gasteiger partial charge in [-0.2, -0.15) is 0 Å². The van der Waals surface area contributed by atoms with Crippen molar-refractivity contribution in [1.29, 1.82) is 0 Å². The molecule has 1 saturated heterocycles. The Morgan fingerprint density at radius 2 is 1.89 bits per heavy atom. The second-order valence-corrected chi connectivity index (χ2v) is 7.24. The summed E-state index contributed by atoms with van der Waals surface area (Å²) in [6.45, 7) is 3.05. The number of rotatable bonds is 5. The summed E-state index contributed by atoms with van der Waals surface area (Å²) in [5.41, 5.74) is 5.33. The number of aromatic nitrogens is 3. The summed E-state index contributed by atoms with van der Waals surface area (Å²) < 4.78 is 4.82. The first-order chi connectivity index (χ1) is 12.4. The molecule has 2 aromatic heterocycles. The van der Waals surface area contributed by atoms with E-state index in [1.54, 1.807) is 6.20 Å². The molecule has 1 atom stereocenters. The van der Waals surface area contributed by atoms with Gasteiger partial charge in [0, 0.05) is 24.7 Å². The van der Waals surface area contributed by atoms with E-state index in [-0.39, 0.29) is 24.8 Å². The SMILES string of the molecule is Cl.Cl.c1nonc1C1=Nc2cncc(CNC3CCNCC3)c2C1C1CC1. The van der Waals surface area contributed by atoms with Crippen molar-refractivity contribution in [2.24, 2.45) is 10.9 Å². The Labute approximate surface area is 170 Å². The molecule has 146 valence electrons. The van der Waals surface area contributed by atoms with Crippen molar-refractivity contribution in [3.8, 4) is 0 Å². The van der Waals surface area contributed by atoms with Gasteiger partial charge in [-0.15, -0.1) is 24.8 Å². The molecule has 0 spiro atoms. The largest absolute Gasteiger partial charge is 0.317 e. The number of nitrogens with one attached hydrogen (secondary N) is 2. The highest BCUT2D eigenvalue weighted by Crippen LogP contribution is 2.51. The second kappa shape index (κ2) is 8.65. The van der Waals surface area contributed by atoms with Crippen LogP contribution in [0.25, 0.3) is 0 Å². The highest BCUT2D eigenvalue weighted by Gasteiger charge is 2.42. The predicted octanol–water partition coefficient (Wildman–Crippen LogP) is 2.78. The van der Waals surface area contributed by atoms with E-state index < -0.39 is 0 Å². The van der Waals surface area contributed by atoms with Crippen LogP contribution < -0.4 is 10.6 Å². The first-order valence-corrected chi connectivity index (χ1v) is 9.17. The van der Waals surface area contributed by atoms with Gasteiger partial charge >= 0.3 is 0 Å². The summed E-state index contributed by atoms with van der Waals surface area (Å²) in [6, 6.07) is 0.581. The fourth-order valence-corrected chi connectivity index (χ4v) is 4.09. The van der Waals surface area contributed by atoms with Gasteiger partial charge < -0.3 is 10.6 Å². The fourth-order valence-electron chi connectivity index (χ4n) is 4.09. The number of nitrogens with zero attached hydrogens (tertiary/aromatic N) is 4. The minimum absolute atomic E-state index is 0. The molecule has 0 aromatic carbocycles. The van der Waals surface area contributed by atoms with Crippen LogP contribution in [-0.2, 0) is 6.54 Å². The molecule has 2 aliphatic heterocycles. The molecule has 27 heavy (non-hydrogen) atoms. The summed E-state index contributed by atoms with van der Waals surface area (Å²) >= 11 is 0. The summed E-state index contributed by atoms with van der Waals surface area (Å²) in [5, 5.41) is 14.9. The van der Waals surface area contributed by atoms with E-state index in [4.69, 9.17) is 9.62 Å². The highest BCUT2D eigenvalue weighted by molar-refractivity contribution is 6.09. The normalized spacial score (nSPS) is 21.8. The molecule has 0 radical (unpaired) electrons. The molecule has 9 heteroatoms. The Morgan fingerprint density at radius 3 is 2.59 bits per heavy atom. The molecule has 2 aromatic rings. The van der Waals surface area contributed by atoms with E-state index in [2.05, 4.69) is 25.9 Å². The van der Waals surface area contributed by atoms with Crippen LogP contribution in [0.4, 0.5) is 5.69 Å². The Kier molecular flexibility index (Phi) is 6.47. The summed E-state index contributed by atoms with van der Waals surface area (Å²) in [7, 11) is 0. The summed E-state index contributed by atoms with van der Waals surface area (Å²) in [6.07, 6.45) is 10.4. The van der Waals surface area contributed by atoms with Crippen LogP contribution in [0.3, 0.4) is 0 Å². The van der Waals surface area contributed by atoms with Gasteiger partial charge in [0.05, 0.1) is 17.6 Å². The average molecular weight is 411 g/mol. The smallest absolute Gasteiger partial charge is 0.149 e. The van der Waals surface area contributed by atoms with Crippen molar-refractivity contribution in [2.45, 2.75) is 44.2 Å². The standard InChI is InChI=1S/C18H22N6O.2ClH/c1-2-11(1)17-16-12(8-21-13-3-5-19-6-4-13)7-20-9-14(16)23-18(17)15-10-22-25-24-15;;/h7,9-11,13,17,19,21H,1-6,8H2;2*1H. The lowest BCUT2D eigenvalue weighted by Crippen LogP contribution is -2.39. The van der Waals surface area contributed by atoms with Crippen LogP contribution in [0.2, 0.25) is 0 Å². The third-order valence-corrected chi connectivity index (χ3v) is 5.53. The molecule has 4 heterocycles. The van der Waals surface area contributed by atoms with Crippen molar-refractivity contribution >= 4 is 36.2 Å². The lowest BCUT2D eigenvalue weighted by atomic mass is 9.87. The van der Waals surface area contributed by atoms with Crippen molar-refractivity contribution in [3.63, 3.8) is 0 Å². The van der Waals surface area contributed by atoms with Crippen LogP contribution in [-0.4, -0.2) is 40.1 Å². The average Bonchev–Trinajstić information content (AvgIpc) is 3.20. The zero-order valence-electron chi connectivity index (χ0n) is 14.9. The Morgan fingerprint density at radius 1 is 1.07 bits per heavy atom. The molecular weight excluding hydrogens is 387 g/mol. The van der Waals surface area contributed by atoms with Crippen LogP contribution in [0, 0.1) is 5.92 Å². The topological polar surface area (TPSA) is 88.2 Å². The quantitative estimate of drug-likeness (QED) is 0.787. The lowest BCUT2D eigenvalue weighted by molar-refractivity contribution is 0.306. The number of halogens is 2. The van der Waals surface area contributed by atoms with Gasteiger partial charge in [-0.05, 0) is 61.0 Å². The molecular formula is C18H24Cl2N6O. The number of fused-ring (bicyclic) bond motifs is 1. The van der Waals surface area contributed by atoms with Gasteiger partial charge in [-0.1, -0.05) is 5.16 Å². The minimum Gasteiger partial charge on any atom is -0.317 e. The molecule has 7 nitrogen and oxygen atoms in total. The summed E-state index contributed by atoms with van der Waals surface area (Å²) in [5.74, 6) is 0.950. The molecule has 0 bridgehead atoms. The second-order valence-electron chi connectivity index (χ2n) is 7.24. The van der Waals surface area contributed by atoms with Gasteiger partial charge in [-0.3, -0.25) is 4.98 Å². The maximum Gasteiger partial charge on any atom is 0.149 e. The number of hydrogen-bond donors (Lipinski definition) is 2. The first kappa shape index (κ1) is 20.2. The lowest BCUT2D eigenvalue weighted by Gasteiger charge is -2.24. The third kappa shape index (κ3) is 4.01. The van der Waals surface area contributed by atoms with E-state index in [9.17, 15) is 0 Å². The van der Waals surface area contributed by atoms with Crippen molar-refractivity contribution < 1.29 is 4.63 Å². The van der Waals surface area contributed by atoms with Crippen LogP contribution in [0.5, 0.6) is 0 Å². The van der Waals surface area contributed by atoms with E-state index >= 15 is 0 Å². The summed E-state index contributed by atoms with van der Waals surface area (Å²) in [4.78, 5) is 9.28. The predicted molar refractivity (Wildman–Crippen MR) is 107 cm³/mol. The molecule has 2 N–H and O–H groups in total. The van der Waals surface area contributed by atoms with Crippen molar-refractivity contribution in [2.75, 3.05) is 13.1 Å².